The Morgan fingerprint density at radius 2 is 2.35 bits per heavy atom. The van der Waals surface area contributed by atoms with Crippen molar-refractivity contribution in [2.24, 2.45) is 0 Å². The number of alkyl halides is 1. The largest absolute Gasteiger partial charge is 0.492 e. The van der Waals surface area contributed by atoms with Crippen LogP contribution in [0.1, 0.15) is 5.56 Å². The number of hydrogen-bond acceptors (Lipinski definition) is 3. The van der Waals surface area contributed by atoms with Gasteiger partial charge in [0.25, 0.3) is 0 Å². The molecule has 1 rings (SSSR count). The van der Waals surface area contributed by atoms with Crippen molar-refractivity contribution >= 4 is 17.5 Å². The van der Waals surface area contributed by atoms with Gasteiger partial charge in [-0.15, -0.1) is 11.6 Å². The maximum atomic E-state index is 11.1. The maximum absolute atomic E-state index is 11.1. The van der Waals surface area contributed by atoms with E-state index in [9.17, 15) is 4.79 Å². The van der Waals surface area contributed by atoms with Crippen LogP contribution in [0.5, 0.6) is 5.75 Å². The van der Waals surface area contributed by atoms with Crippen LogP contribution >= 0.6 is 11.6 Å². The zero-order valence-corrected chi connectivity index (χ0v) is 10.3. The molecule has 0 atom stereocenters. The van der Waals surface area contributed by atoms with Crippen LogP contribution in [-0.2, 0) is 4.79 Å². The summed E-state index contributed by atoms with van der Waals surface area (Å²) in [5.74, 6) is 0.456. The third-order valence-electron chi connectivity index (χ3n) is 2.20. The van der Waals surface area contributed by atoms with Gasteiger partial charge in [0.05, 0.1) is 18.2 Å². The first-order chi connectivity index (χ1) is 8.17. The summed E-state index contributed by atoms with van der Waals surface area (Å²) >= 11 is 5.41. The predicted octanol–water partition coefficient (Wildman–Crippen LogP) is 1.63. The molecule has 0 bridgehead atoms. The Morgan fingerprint density at radius 1 is 1.59 bits per heavy atom. The first-order valence-electron chi connectivity index (χ1n) is 5.10. The van der Waals surface area contributed by atoms with E-state index in [0.29, 0.717) is 24.5 Å². The Labute approximate surface area is 105 Å². The lowest BCUT2D eigenvalue weighted by Gasteiger charge is -2.16. The lowest BCUT2D eigenvalue weighted by Crippen LogP contribution is -2.31. The molecule has 1 aromatic carbocycles. The summed E-state index contributed by atoms with van der Waals surface area (Å²) in [7, 11) is 1.67. The van der Waals surface area contributed by atoms with Crippen LogP contribution in [0.3, 0.4) is 0 Å². The zero-order valence-electron chi connectivity index (χ0n) is 9.52. The second-order valence-corrected chi connectivity index (χ2v) is 3.70. The van der Waals surface area contributed by atoms with Gasteiger partial charge in [0.2, 0.25) is 5.91 Å². The lowest BCUT2D eigenvalue weighted by atomic mass is 10.2. The number of amides is 1. The fourth-order valence-corrected chi connectivity index (χ4v) is 1.39. The summed E-state index contributed by atoms with van der Waals surface area (Å²) in [6.07, 6.45) is 0. The van der Waals surface area contributed by atoms with Gasteiger partial charge in [0.15, 0.2) is 0 Å². The molecule has 0 spiro atoms. The Morgan fingerprint density at radius 3 is 3.00 bits per heavy atom. The molecule has 17 heavy (non-hydrogen) atoms. The van der Waals surface area contributed by atoms with E-state index in [1.165, 1.54) is 4.90 Å². The molecule has 0 unspecified atom stereocenters. The highest BCUT2D eigenvalue weighted by Gasteiger charge is 2.06. The summed E-state index contributed by atoms with van der Waals surface area (Å²) in [5, 5.41) is 8.71. The van der Waals surface area contributed by atoms with Gasteiger partial charge in [-0.2, -0.15) is 5.26 Å². The molecule has 0 fully saturated rings. The summed E-state index contributed by atoms with van der Waals surface area (Å²) in [6, 6.07) is 8.91. The van der Waals surface area contributed by atoms with Crippen molar-refractivity contribution in [3.63, 3.8) is 0 Å². The number of nitriles is 1. The van der Waals surface area contributed by atoms with Gasteiger partial charge < -0.3 is 9.64 Å². The van der Waals surface area contributed by atoms with E-state index in [2.05, 4.69) is 0 Å². The average Bonchev–Trinajstić information content (AvgIpc) is 2.37. The highest BCUT2D eigenvalue weighted by atomic mass is 35.5. The van der Waals surface area contributed by atoms with E-state index >= 15 is 0 Å². The number of carbonyl (C=O) groups excluding carboxylic acids is 1. The molecule has 4 nitrogen and oxygen atoms in total. The van der Waals surface area contributed by atoms with Gasteiger partial charge in [-0.3, -0.25) is 4.79 Å². The van der Waals surface area contributed by atoms with Crippen LogP contribution in [0.25, 0.3) is 0 Å². The van der Waals surface area contributed by atoms with Crippen molar-refractivity contribution in [2.75, 3.05) is 26.1 Å². The third kappa shape index (κ3) is 4.33. The van der Waals surface area contributed by atoms with E-state index in [1.54, 1.807) is 31.3 Å². The van der Waals surface area contributed by atoms with Gasteiger partial charge >= 0.3 is 0 Å². The smallest absolute Gasteiger partial charge is 0.237 e. The summed E-state index contributed by atoms with van der Waals surface area (Å²) in [4.78, 5) is 12.7. The van der Waals surface area contributed by atoms with Crippen LogP contribution in [0.4, 0.5) is 0 Å². The van der Waals surface area contributed by atoms with Crippen LogP contribution in [0.15, 0.2) is 24.3 Å². The van der Waals surface area contributed by atoms with Crippen LogP contribution in [0, 0.1) is 11.3 Å². The fourth-order valence-electron chi connectivity index (χ4n) is 1.18. The van der Waals surface area contributed by atoms with E-state index in [0.717, 1.165) is 0 Å². The Bertz CT molecular complexity index is 429. The second-order valence-electron chi connectivity index (χ2n) is 3.44. The number of halogens is 1. The number of nitrogens with zero attached hydrogens (tertiary/aromatic N) is 2. The molecule has 0 aliphatic heterocycles. The molecule has 0 saturated carbocycles. The van der Waals surface area contributed by atoms with Crippen LogP contribution in [-0.4, -0.2) is 36.9 Å². The van der Waals surface area contributed by atoms with Gasteiger partial charge in [-0.25, -0.2) is 0 Å². The van der Waals surface area contributed by atoms with Crippen molar-refractivity contribution in [1.29, 1.82) is 5.26 Å². The van der Waals surface area contributed by atoms with Crippen molar-refractivity contribution in [1.82, 2.24) is 4.90 Å². The predicted molar refractivity (Wildman–Crippen MR) is 65.0 cm³/mol. The molecule has 0 radical (unpaired) electrons. The lowest BCUT2D eigenvalue weighted by molar-refractivity contribution is -0.127. The van der Waals surface area contributed by atoms with Gasteiger partial charge in [-0.1, -0.05) is 6.07 Å². The molecule has 1 aromatic rings. The van der Waals surface area contributed by atoms with E-state index < -0.39 is 0 Å². The minimum absolute atomic E-state index is 0.0274. The molecular formula is C12H13ClN2O2. The SMILES string of the molecule is CN(CCOc1cccc(C#N)c1)C(=O)CCl. The quantitative estimate of drug-likeness (QED) is 0.749. The average molecular weight is 253 g/mol. The molecule has 1 amide bonds. The van der Waals surface area contributed by atoms with Crippen LogP contribution in [0.2, 0.25) is 0 Å². The molecule has 0 aliphatic rings. The molecule has 90 valence electrons. The van der Waals surface area contributed by atoms with E-state index in [-0.39, 0.29) is 11.8 Å². The van der Waals surface area contributed by atoms with Crippen molar-refractivity contribution in [2.45, 2.75) is 0 Å². The van der Waals surface area contributed by atoms with Crippen LogP contribution < -0.4 is 4.74 Å². The number of ether oxygens (including phenoxy) is 1. The number of benzene rings is 1. The van der Waals surface area contributed by atoms with E-state index in [1.807, 2.05) is 6.07 Å². The summed E-state index contributed by atoms with van der Waals surface area (Å²) in [6.45, 7) is 0.830. The summed E-state index contributed by atoms with van der Waals surface area (Å²) in [5.41, 5.74) is 0.549. The van der Waals surface area contributed by atoms with Crippen molar-refractivity contribution < 1.29 is 9.53 Å². The Balaban J connectivity index is 2.41. The normalized spacial score (nSPS) is 9.47. The Kier molecular flexibility index (Phi) is 5.31. The summed E-state index contributed by atoms with van der Waals surface area (Å²) < 4.78 is 5.43. The number of likely N-dealkylation sites (N-methyl/N-ethyl adjacent to an activating group) is 1. The first-order valence-corrected chi connectivity index (χ1v) is 5.63. The standard InChI is InChI=1S/C12H13ClN2O2/c1-15(12(16)8-13)5-6-17-11-4-2-3-10(7-11)9-14/h2-4,7H,5-6,8H2,1H3. The minimum atomic E-state index is -0.138. The highest BCUT2D eigenvalue weighted by Crippen LogP contribution is 2.12. The Hall–Kier alpha value is -1.73. The molecule has 0 N–H and O–H groups in total. The third-order valence-corrected chi connectivity index (χ3v) is 2.43. The molecule has 0 aliphatic carbocycles. The topological polar surface area (TPSA) is 53.3 Å². The minimum Gasteiger partial charge on any atom is -0.492 e. The molecule has 0 aromatic heterocycles. The zero-order chi connectivity index (χ0) is 12.7. The highest BCUT2D eigenvalue weighted by molar-refractivity contribution is 6.27. The van der Waals surface area contributed by atoms with Crippen molar-refractivity contribution in [3.05, 3.63) is 29.8 Å². The molecule has 0 saturated heterocycles. The number of rotatable bonds is 5. The molecular weight excluding hydrogens is 240 g/mol. The number of hydrogen-bond donors (Lipinski definition) is 0. The number of carbonyl (C=O) groups is 1. The van der Waals surface area contributed by atoms with E-state index in [4.69, 9.17) is 21.6 Å². The van der Waals surface area contributed by atoms with Gasteiger partial charge in [0, 0.05) is 7.05 Å². The fraction of sp³-hybridized carbons (Fsp3) is 0.333. The second kappa shape index (κ2) is 6.77. The van der Waals surface area contributed by atoms with Crippen molar-refractivity contribution in [3.8, 4) is 11.8 Å². The molecule has 0 heterocycles. The van der Waals surface area contributed by atoms with Gasteiger partial charge in [-0.05, 0) is 18.2 Å². The maximum Gasteiger partial charge on any atom is 0.237 e. The van der Waals surface area contributed by atoms with Gasteiger partial charge in [0.1, 0.15) is 18.2 Å². The monoisotopic (exact) mass is 252 g/mol. The first kappa shape index (κ1) is 13.3. The molecule has 5 heteroatoms.